The van der Waals surface area contributed by atoms with Gasteiger partial charge in [-0.3, -0.25) is 9.59 Å². The number of amides is 2. The second kappa shape index (κ2) is 8.24. The van der Waals surface area contributed by atoms with E-state index < -0.39 is 0 Å². The van der Waals surface area contributed by atoms with E-state index in [1.165, 1.54) is 14.2 Å². The van der Waals surface area contributed by atoms with Gasteiger partial charge in [0, 0.05) is 25.2 Å². The van der Waals surface area contributed by atoms with Gasteiger partial charge in [-0.1, -0.05) is 18.5 Å². The number of piperidine rings is 1. The lowest BCUT2D eigenvalue weighted by Gasteiger charge is -2.30. The number of rotatable bonds is 5. The lowest BCUT2D eigenvalue weighted by molar-refractivity contribution is -0.136. The Morgan fingerprint density at radius 2 is 2.00 bits per heavy atom. The fourth-order valence-corrected chi connectivity index (χ4v) is 3.05. The predicted octanol–water partition coefficient (Wildman–Crippen LogP) is 2.94. The van der Waals surface area contributed by atoms with Crippen molar-refractivity contribution in [1.29, 1.82) is 0 Å². The van der Waals surface area contributed by atoms with Crippen LogP contribution in [-0.4, -0.2) is 44.0 Å². The largest absolute Gasteiger partial charge is 0.495 e. The molecule has 1 N–H and O–H groups in total. The Hall–Kier alpha value is -1.95. The van der Waals surface area contributed by atoms with Crippen molar-refractivity contribution in [2.45, 2.75) is 26.2 Å². The number of hydrogen-bond acceptors (Lipinski definition) is 4. The number of likely N-dealkylation sites (tertiary alicyclic amines) is 1. The topological polar surface area (TPSA) is 67.9 Å². The molecule has 1 aromatic carbocycles. The average molecular weight is 355 g/mol. The van der Waals surface area contributed by atoms with Crippen molar-refractivity contribution in [2.75, 3.05) is 32.6 Å². The van der Waals surface area contributed by atoms with E-state index in [1.54, 1.807) is 17.0 Å². The van der Waals surface area contributed by atoms with Crippen LogP contribution >= 0.6 is 11.6 Å². The zero-order chi connectivity index (χ0) is 17.7. The summed E-state index contributed by atoms with van der Waals surface area (Å²) in [7, 11) is 2.97. The molecule has 0 bridgehead atoms. The number of nitrogens with one attached hydrogen (secondary N) is 1. The highest BCUT2D eigenvalue weighted by Gasteiger charge is 2.23. The quantitative estimate of drug-likeness (QED) is 0.825. The average Bonchev–Trinajstić information content (AvgIpc) is 2.55. The van der Waals surface area contributed by atoms with Gasteiger partial charge < -0.3 is 19.7 Å². The second-order valence-corrected chi connectivity index (χ2v) is 6.41. The number of carbonyl (C=O) groups excluding carboxylic acids is 2. The van der Waals surface area contributed by atoms with Gasteiger partial charge >= 0.3 is 0 Å². The molecule has 0 spiro atoms. The van der Waals surface area contributed by atoms with Gasteiger partial charge in [0.05, 0.1) is 24.9 Å². The number of carbonyl (C=O) groups is 2. The Kier molecular flexibility index (Phi) is 6.31. The summed E-state index contributed by atoms with van der Waals surface area (Å²) in [5.41, 5.74) is 0.420. The van der Waals surface area contributed by atoms with Gasteiger partial charge in [0.1, 0.15) is 17.9 Å². The molecule has 0 aliphatic carbocycles. The van der Waals surface area contributed by atoms with Crippen LogP contribution in [0.15, 0.2) is 12.1 Å². The fourth-order valence-electron chi connectivity index (χ4n) is 2.82. The van der Waals surface area contributed by atoms with Crippen LogP contribution in [0.3, 0.4) is 0 Å². The summed E-state index contributed by atoms with van der Waals surface area (Å²) >= 11 is 6.04. The Morgan fingerprint density at radius 3 is 2.62 bits per heavy atom. The zero-order valence-electron chi connectivity index (χ0n) is 14.2. The molecule has 2 amide bonds. The van der Waals surface area contributed by atoms with E-state index in [4.69, 9.17) is 21.1 Å². The summed E-state index contributed by atoms with van der Waals surface area (Å²) in [4.78, 5) is 26.2. The molecule has 1 unspecified atom stereocenters. The lowest BCUT2D eigenvalue weighted by atomic mass is 10.00. The number of nitrogens with zero attached hydrogens (tertiary/aromatic N) is 1. The first kappa shape index (κ1) is 18.4. The molecular formula is C17H23ClN2O4. The van der Waals surface area contributed by atoms with Crippen LogP contribution < -0.4 is 14.8 Å². The predicted molar refractivity (Wildman–Crippen MR) is 92.8 cm³/mol. The van der Waals surface area contributed by atoms with Crippen molar-refractivity contribution in [2.24, 2.45) is 5.92 Å². The van der Waals surface area contributed by atoms with Gasteiger partial charge in [-0.05, 0) is 18.8 Å². The van der Waals surface area contributed by atoms with E-state index in [9.17, 15) is 9.59 Å². The molecule has 1 fully saturated rings. The van der Waals surface area contributed by atoms with Crippen molar-refractivity contribution in [3.05, 3.63) is 17.2 Å². The summed E-state index contributed by atoms with van der Waals surface area (Å²) in [6.07, 6.45) is 1.91. The summed E-state index contributed by atoms with van der Waals surface area (Å²) < 4.78 is 10.4. The van der Waals surface area contributed by atoms with Crippen molar-refractivity contribution in [1.82, 2.24) is 4.90 Å². The summed E-state index contributed by atoms with van der Waals surface area (Å²) in [5.74, 6) is 0.767. The van der Waals surface area contributed by atoms with E-state index in [0.29, 0.717) is 41.2 Å². The van der Waals surface area contributed by atoms with Crippen LogP contribution in [0, 0.1) is 5.92 Å². The third-order valence-corrected chi connectivity index (χ3v) is 4.36. The molecule has 7 heteroatoms. The van der Waals surface area contributed by atoms with Crippen LogP contribution in [-0.2, 0) is 9.59 Å². The minimum Gasteiger partial charge on any atom is -0.495 e. The van der Waals surface area contributed by atoms with Gasteiger partial charge in [-0.15, -0.1) is 0 Å². The van der Waals surface area contributed by atoms with Crippen LogP contribution in [0.4, 0.5) is 5.69 Å². The first-order chi connectivity index (χ1) is 11.4. The molecule has 1 atom stereocenters. The molecule has 0 saturated carbocycles. The molecule has 6 nitrogen and oxygen atoms in total. The van der Waals surface area contributed by atoms with Crippen molar-refractivity contribution < 1.29 is 19.1 Å². The van der Waals surface area contributed by atoms with Crippen LogP contribution in [0.25, 0.3) is 0 Å². The summed E-state index contributed by atoms with van der Waals surface area (Å²) in [5, 5.41) is 3.07. The number of halogens is 1. The molecule has 132 valence electrons. The highest BCUT2D eigenvalue weighted by atomic mass is 35.5. The molecular weight excluding hydrogens is 332 g/mol. The fraction of sp³-hybridized carbons (Fsp3) is 0.529. The minimum atomic E-state index is -0.388. The lowest BCUT2D eigenvalue weighted by Crippen LogP contribution is -2.40. The molecule has 0 radical (unpaired) electrons. The minimum absolute atomic E-state index is 0.154. The van der Waals surface area contributed by atoms with Gasteiger partial charge in [0.15, 0.2) is 0 Å². The number of hydrogen-bond donors (Lipinski definition) is 1. The number of anilines is 1. The number of ether oxygens (including phenoxy) is 2. The number of methoxy groups -OCH3 is 2. The maximum Gasteiger partial charge on any atom is 0.233 e. The standard InChI is InChI=1S/C17H23ClN2O4/c1-11-5-4-6-20(10-11)17(22)9-16(21)19-13-8-14(23-2)12(18)7-15(13)24-3/h7-8,11H,4-6,9-10H2,1-3H3,(H,19,21). The highest BCUT2D eigenvalue weighted by Crippen LogP contribution is 2.35. The molecule has 0 aromatic heterocycles. The molecule has 1 aliphatic rings. The monoisotopic (exact) mass is 354 g/mol. The zero-order valence-corrected chi connectivity index (χ0v) is 15.0. The highest BCUT2D eigenvalue weighted by molar-refractivity contribution is 6.32. The molecule has 24 heavy (non-hydrogen) atoms. The van der Waals surface area contributed by atoms with Crippen molar-refractivity contribution >= 4 is 29.1 Å². The molecule has 2 rings (SSSR count). The molecule has 1 saturated heterocycles. The maximum absolute atomic E-state index is 12.3. The van der Waals surface area contributed by atoms with Gasteiger partial charge in [-0.25, -0.2) is 0 Å². The first-order valence-corrected chi connectivity index (χ1v) is 8.31. The van der Waals surface area contributed by atoms with E-state index in [-0.39, 0.29) is 18.2 Å². The molecule has 1 heterocycles. The van der Waals surface area contributed by atoms with E-state index >= 15 is 0 Å². The van der Waals surface area contributed by atoms with Crippen LogP contribution in [0.1, 0.15) is 26.2 Å². The van der Waals surface area contributed by atoms with Crippen LogP contribution in [0.2, 0.25) is 5.02 Å². The SMILES string of the molecule is COc1cc(NC(=O)CC(=O)N2CCCC(C)C2)c(OC)cc1Cl. The van der Waals surface area contributed by atoms with Gasteiger partial charge in [0.2, 0.25) is 11.8 Å². The molecule has 1 aliphatic heterocycles. The Morgan fingerprint density at radius 1 is 1.29 bits per heavy atom. The third kappa shape index (κ3) is 4.54. The van der Waals surface area contributed by atoms with Crippen LogP contribution in [0.5, 0.6) is 11.5 Å². The first-order valence-electron chi connectivity index (χ1n) is 7.93. The van der Waals surface area contributed by atoms with E-state index in [2.05, 4.69) is 12.2 Å². The molecule has 1 aromatic rings. The van der Waals surface area contributed by atoms with Gasteiger partial charge in [-0.2, -0.15) is 0 Å². The Balaban J connectivity index is 2.02. The number of benzene rings is 1. The van der Waals surface area contributed by atoms with Crippen molar-refractivity contribution in [3.8, 4) is 11.5 Å². The third-order valence-electron chi connectivity index (χ3n) is 4.07. The van der Waals surface area contributed by atoms with Crippen molar-refractivity contribution in [3.63, 3.8) is 0 Å². The van der Waals surface area contributed by atoms with Gasteiger partial charge in [0.25, 0.3) is 0 Å². The summed E-state index contributed by atoms with van der Waals surface area (Å²) in [6.45, 7) is 3.54. The van der Waals surface area contributed by atoms with E-state index in [1.807, 2.05) is 0 Å². The normalized spacial score (nSPS) is 17.3. The smallest absolute Gasteiger partial charge is 0.233 e. The maximum atomic E-state index is 12.3. The Bertz CT molecular complexity index is 621. The Labute approximate surface area is 147 Å². The second-order valence-electron chi connectivity index (χ2n) is 6.00. The summed E-state index contributed by atoms with van der Waals surface area (Å²) in [6, 6.07) is 3.14. The van der Waals surface area contributed by atoms with E-state index in [0.717, 1.165) is 12.8 Å².